The van der Waals surface area contributed by atoms with Crippen LogP contribution in [-0.4, -0.2) is 64.9 Å². The van der Waals surface area contributed by atoms with Gasteiger partial charge < -0.3 is 9.80 Å². The first kappa shape index (κ1) is 23.0. The summed E-state index contributed by atoms with van der Waals surface area (Å²) in [4.78, 5) is 31.0. The third-order valence-corrected chi connectivity index (χ3v) is 7.73. The van der Waals surface area contributed by atoms with Crippen LogP contribution in [-0.2, 0) is 19.1 Å². The van der Waals surface area contributed by atoms with Crippen LogP contribution >= 0.6 is 11.3 Å². The van der Waals surface area contributed by atoms with Crippen molar-refractivity contribution >= 4 is 33.3 Å². The number of aromatic nitrogens is 2. The summed E-state index contributed by atoms with van der Waals surface area (Å²) in [5, 5.41) is 1.12. The summed E-state index contributed by atoms with van der Waals surface area (Å²) in [6.07, 6.45) is -3.50. The van der Waals surface area contributed by atoms with Gasteiger partial charge in [-0.1, -0.05) is 13.0 Å². The molecule has 2 aliphatic heterocycles. The first-order valence-electron chi connectivity index (χ1n) is 11.5. The second-order valence-electron chi connectivity index (χ2n) is 8.75. The largest absolute Gasteiger partial charge is 0.416 e. The van der Waals surface area contributed by atoms with Crippen LogP contribution in [0.1, 0.15) is 39.1 Å². The van der Waals surface area contributed by atoms with E-state index in [1.165, 1.54) is 22.6 Å². The van der Waals surface area contributed by atoms with Crippen molar-refractivity contribution in [2.45, 2.75) is 33.0 Å². The van der Waals surface area contributed by atoms with Gasteiger partial charge in [0, 0.05) is 49.7 Å². The molecule has 5 rings (SSSR count). The van der Waals surface area contributed by atoms with Gasteiger partial charge in [-0.25, -0.2) is 9.97 Å². The second-order valence-corrected chi connectivity index (χ2v) is 9.84. The molecule has 0 radical (unpaired) electrons. The predicted octanol–water partition coefficient (Wildman–Crippen LogP) is 4.36. The number of nitrogens with zero attached hydrogens (tertiary/aromatic N) is 5. The van der Waals surface area contributed by atoms with Crippen molar-refractivity contribution in [3.05, 3.63) is 51.7 Å². The molecule has 10 heteroatoms. The van der Waals surface area contributed by atoms with Crippen molar-refractivity contribution in [1.29, 1.82) is 0 Å². The highest BCUT2D eigenvalue weighted by Gasteiger charge is 2.32. The molecule has 0 atom stereocenters. The molecule has 2 aromatic heterocycles. The predicted molar refractivity (Wildman–Crippen MR) is 126 cm³/mol. The summed E-state index contributed by atoms with van der Waals surface area (Å²) in [6.45, 7) is 9.04. The summed E-state index contributed by atoms with van der Waals surface area (Å²) in [5.74, 6) is 1.26. The molecule has 6 nitrogen and oxygen atoms in total. The number of piperazine rings is 1. The Kier molecular flexibility index (Phi) is 5.97. The minimum Gasteiger partial charge on any atom is -0.352 e. The number of aryl methyl sites for hydroxylation is 1. The van der Waals surface area contributed by atoms with Crippen LogP contribution in [0, 0.1) is 6.92 Å². The smallest absolute Gasteiger partial charge is 0.352 e. The quantitative estimate of drug-likeness (QED) is 0.547. The van der Waals surface area contributed by atoms with Crippen molar-refractivity contribution in [2.24, 2.45) is 0 Å². The third kappa shape index (κ3) is 4.24. The lowest BCUT2D eigenvalue weighted by Gasteiger charge is -2.36. The van der Waals surface area contributed by atoms with Crippen molar-refractivity contribution < 1.29 is 18.0 Å². The van der Waals surface area contributed by atoms with E-state index in [1.54, 1.807) is 16.2 Å². The summed E-state index contributed by atoms with van der Waals surface area (Å²) >= 11 is 1.74. The van der Waals surface area contributed by atoms with E-state index in [-0.39, 0.29) is 11.5 Å². The average Bonchev–Trinajstić information content (AvgIpc) is 3.19. The van der Waals surface area contributed by atoms with Crippen LogP contribution in [0.2, 0.25) is 0 Å². The summed E-state index contributed by atoms with van der Waals surface area (Å²) in [6, 6.07) is 4.65. The minimum absolute atomic E-state index is 0.0657. The topological polar surface area (TPSA) is 52.6 Å². The summed E-state index contributed by atoms with van der Waals surface area (Å²) in [7, 11) is 0. The first-order valence-corrected chi connectivity index (χ1v) is 12.3. The van der Waals surface area contributed by atoms with Crippen molar-refractivity contribution in [3.63, 3.8) is 0 Å². The molecule has 1 fully saturated rings. The normalized spacial score (nSPS) is 17.3. The Labute approximate surface area is 200 Å². The monoisotopic (exact) mass is 489 g/mol. The Bertz CT molecular complexity index is 1230. The number of rotatable bonds is 3. The molecule has 0 spiro atoms. The van der Waals surface area contributed by atoms with E-state index in [1.807, 2.05) is 6.92 Å². The molecule has 0 aliphatic carbocycles. The van der Waals surface area contributed by atoms with Gasteiger partial charge >= 0.3 is 6.18 Å². The number of benzene rings is 1. The van der Waals surface area contributed by atoms with Crippen molar-refractivity contribution in [3.8, 4) is 0 Å². The molecule has 0 saturated carbocycles. The molecule has 1 amide bonds. The molecule has 2 aliphatic rings. The number of halogens is 3. The zero-order valence-electron chi connectivity index (χ0n) is 19.2. The van der Waals surface area contributed by atoms with Crippen LogP contribution < -0.4 is 4.90 Å². The lowest BCUT2D eigenvalue weighted by Crippen LogP contribution is -2.49. The maximum Gasteiger partial charge on any atom is 0.416 e. The molecule has 0 bridgehead atoms. The second kappa shape index (κ2) is 8.81. The van der Waals surface area contributed by atoms with Crippen LogP contribution in [0.25, 0.3) is 10.2 Å². The molecule has 1 saturated heterocycles. The fraction of sp³-hybridized carbons (Fsp3) is 0.458. The SMILES string of the molecule is CCN1CCc2c(sc3nc(C)nc(N4CCN(C(=O)c5cccc(C(F)(F)F)c5)CC4)c23)C1. The molecule has 4 heterocycles. The van der Waals surface area contributed by atoms with E-state index in [9.17, 15) is 18.0 Å². The van der Waals surface area contributed by atoms with Crippen LogP contribution in [0.4, 0.5) is 19.0 Å². The zero-order chi connectivity index (χ0) is 24.0. The maximum atomic E-state index is 13.1. The highest BCUT2D eigenvalue weighted by atomic mass is 32.1. The molecular weight excluding hydrogens is 463 g/mol. The van der Waals surface area contributed by atoms with Crippen molar-refractivity contribution in [2.75, 3.05) is 44.2 Å². The number of anilines is 1. The molecule has 0 unspecified atom stereocenters. The number of carbonyl (C=O) groups excluding carboxylic acids is 1. The van der Waals surface area contributed by atoms with Gasteiger partial charge in [0.25, 0.3) is 5.91 Å². The fourth-order valence-electron chi connectivity index (χ4n) is 4.76. The van der Waals surface area contributed by atoms with Crippen LogP contribution in [0.3, 0.4) is 0 Å². The Morgan fingerprint density at radius 1 is 1.12 bits per heavy atom. The number of likely N-dealkylation sites (N-methyl/N-ethyl adjacent to an activating group) is 1. The van der Waals surface area contributed by atoms with Gasteiger partial charge in [-0.3, -0.25) is 9.69 Å². The van der Waals surface area contributed by atoms with Crippen LogP contribution in [0.15, 0.2) is 24.3 Å². The van der Waals surface area contributed by atoms with E-state index in [0.717, 1.165) is 60.0 Å². The highest BCUT2D eigenvalue weighted by molar-refractivity contribution is 7.19. The summed E-state index contributed by atoms with van der Waals surface area (Å²) < 4.78 is 39.2. The molecule has 1 aromatic carbocycles. The highest BCUT2D eigenvalue weighted by Crippen LogP contribution is 2.39. The number of alkyl halides is 3. The Morgan fingerprint density at radius 2 is 1.88 bits per heavy atom. The van der Waals surface area contributed by atoms with E-state index < -0.39 is 11.7 Å². The van der Waals surface area contributed by atoms with E-state index in [0.29, 0.717) is 26.2 Å². The van der Waals surface area contributed by atoms with Gasteiger partial charge in [0.2, 0.25) is 0 Å². The van der Waals surface area contributed by atoms with Gasteiger partial charge in [0.1, 0.15) is 16.5 Å². The van der Waals surface area contributed by atoms with E-state index in [4.69, 9.17) is 9.97 Å². The van der Waals surface area contributed by atoms with Gasteiger partial charge in [-0.15, -0.1) is 11.3 Å². The first-order chi connectivity index (χ1) is 16.2. The molecule has 180 valence electrons. The van der Waals surface area contributed by atoms with Crippen molar-refractivity contribution in [1.82, 2.24) is 19.8 Å². The number of hydrogen-bond donors (Lipinski definition) is 0. The number of carbonyl (C=O) groups is 1. The van der Waals surface area contributed by atoms with Gasteiger partial charge in [-0.05, 0) is 43.7 Å². The maximum absolute atomic E-state index is 13.1. The number of hydrogen-bond acceptors (Lipinski definition) is 6. The molecule has 3 aromatic rings. The molecule has 34 heavy (non-hydrogen) atoms. The molecular formula is C24H26F3N5OS. The Balaban J connectivity index is 1.37. The lowest BCUT2D eigenvalue weighted by atomic mass is 10.0. The fourth-order valence-corrected chi connectivity index (χ4v) is 6.07. The number of fused-ring (bicyclic) bond motifs is 3. The lowest BCUT2D eigenvalue weighted by molar-refractivity contribution is -0.137. The molecule has 0 N–H and O–H groups in total. The summed E-state index contributed by atoms with van der Waals surface area (Å²) in [5.41, 5.74) is 0.595. The zero-order valence-corrected chi connectivity index (χ0v) is 20.0. The standard InChI is InChI=1S/C24H26F3N5OS/c1-3-30-8-7-18-19(14-30)34-22-20(18)21(28-15(2)29-22)31-9-11-32(12-10-31)23(33)16-5-4-6-17(13-16)24(25,26)27/h4-6,13H,3,7-12,14H2,1-2H3. The minimum atomic E-state index is -4.47. The van der Waals surface area contributed by atoms with Gasteiger partial charge in [0.05, 0.1) is 10.9 Å². The number of amides is 1. The van der Waals surface area contributed by atoms with Crippen LogP contribution in [0.5, 0.6) is 0 Å². The van der Waals surface area contributed by atoms with E-state index in [2.05, 4.69) is 16.7 Å². The Morgan fingerprint density at radius 3 is 2.59 bits per heavy atom. The number of thiophene rings is 1. The Hall–Kier alpha value is -2.72. The average molecular weight is 490 g/mol. The van der Waals surface area contributed by atoms with Gasteiger partial charge in [-0.2, -0.15) is 13.2 Å². The third-order valence-electron chi connectivity index (χ3n) is 6.62. The van der Waals surface area contributed by atoms with Gasteiger partial charge in [0.15, 0.2) is 0 Å². The van der Waals surface area contributed by atoms with E-state index >= 15 is 0 Å².